The zero-order chi connectivity index (χ0) is 8.65. The van der Waals surface area contributed by atoms with Crippen LogP contribution in [-0.4, -0.2) is 11.7 Å². The summed E-state index contributed by atoms with van der Waals surface area (Å²) in [6.45, 7) is 3.59. The normalized spacial score (nSPS) is 19.9. The Morgan fingerprint density at radius 3 is 1.91 bits per heavy atom. The number of ketones is 1. The molecule has 1 aliphatic carbocycles. The van der Waals surface area contributed by atoms with Gasteiger partial charge in [0.15, 0.2) is 5.78 Å². The van der Waals surface area contributed by atoms with Crippen LogP contribution in [0.1, 0.15) is 26.7 Å². The molecule has 1 amide bonds. The SMILES string of the molecule is CC(C)C(=O)C1(C(N)=O)CC1. The molecule has 0 unspecified atom stereocenters. The second-order valence-electron chi connectivity index (χ2n) is 3.47. The van der Waals surface area contributed by atoms with Crippen LogP contribution < -0.4 is 5.73 Å². The van der Waals surface area contributed by atoms with Crippen LogP contribution in [0.15, 0.2) is 0 Å². The van der Waals surface area contributed by atoms with Gasteiger partial charge in [0.25, 0.3) is 0 Å². The molecule has 3 heteroatoms. The highest BCUT2D eigenvalue weighted by molar-refractivity contribution is 6.08. The minimum absolute atomic E-state index is 0.00463. The van der Waals surface area contributed by atoms with Gasteiger partial charge >= 0.3 is 0 Å². The number of amides is 1. The van der Waals surface area contributed by atoms with Crippen LogP contribution in [-0.2, 0) is 9.59 Å². The van der Waals surface area contributed by atoms with Crippen LogP contribution in [0, 0.1) is 11.3 Å². The van der Waals surface area contributed by atoms with E-state index in [1.165, 1.54) is 0 Å². The van der Waals surface area contributed by atoms with E-state index in [2.05, 4.69) is 0 Å². The lowest BCUT2D eigenvalue weighted by Gasteiger charge is -2.11. The molecule has 0 bridgehead atoms. The van der Waals surface area contributed by atoms with Gasteiger partial charge in [-0.3, -0.25) is 9.59 Å². The average molecular weight is 155 g/mol. The summed E-state index contributed by atoms with van der Waals surface area (Å²) in [6, 6.07) is 0. The fourth-order valence-corrected chi connectivity index (χ4v) is 1.29. The smallest absolute Gasteiger partial charge is 0.231 e. The van der Waals surface area contributed by atoms with Crippen molar-refractivity contribution >= 4 is 11.7 Å². The van der Waals surface area contributed by atoms with Crippen LogP contribution in [0.4, 0.5) is 0 Å². The molecule has 0 aromatic carbocycles. The second-order valence-corrected chi connectivity index (χ2v) is 3.47. The lowest BCUT2D eigenvalue weighted by Crippen LogP contribution is -2.34. The number of Topliss-reactive ketones (excluding diaryl/α,β-unsaturated/α-hetero) is 1. The number of rotatable bonds is 3. The number of carbonyl (C=O) groups is 2. The summed E-state index contributed by atoms with van der Waals surface area (Å²) in [7, 11) is 0. The highest BCUT2D eigenvalue weighted by atomic mass is 16.2. The van der Waals surface area contributed by atoms with E-state index >= 15 is 0 Å². The lowest BCUT2D eigenvalue weighted by molar-refractivity contribution is -0.135. The molecular formula is C8H13NO2. The fourth-order valence-electron chi connectivity index (χ4n) is 1.29. The number of carbonyl (C=O) groups excluding carboxylic acids is 2. The van der Waals surface area contributed by atoms with Gasteiger partial charge in [-0.05, 0) is 12.8 Å². The standard InChI is InChI=1S/C8H13NO2/c1-5(2)6(10)8(3-4-8)7(9)11/h5H,3-4H2,1-2H3,(H2,9,11). The largest absolute Gasteiger partial charge is 0.369 e. The molecule has 1 rings (SSSR count). The van der Waals surface area contributed by atoms with Gasteiger partial charge in [0, 0.05) is 5.92 Å². The van der Waals surface area contributed by atoms with E-state index in [4.69, 9.17) is 5.73 Å². The Kier molecular flexibility index (Phi) is 1.74. The minimum Gasteiger partial charge on any atom is -0.369 e. The first kappa shape index (κ1) is 8.24. The van der Waals surface area contributed by atoms with Gasteiger partial charge in [-0.2, -0.15) is 0 Å². The third kappa shape index (κ3) is 1.15. The van der Waals surface area contributed by atoms with Gasteiger partial charge in [-0.15, -0.1) is 0 Å². The summed E-state index contributed by atoms with van der Waals surface area (Å²) in [5.74, 6) is -0.522. The maximum atomic E-state index is 11.4. The molecule has 62 valence electrons. The number of nitrogens with two attached hydrogens (primary N) is 1. The van der Waals surface area contributed by atoms with E-state index in [1.54, 1.807) is 13.8 Å². The Morgan fingerprint density at radius 1 is 1.36 bits per heavy atom. The molecule has 0 atom stereocenters. The topological polar surface area (TPSA) is 60.2 Å². The van der Waals surface area contributed by atoms with Crippen LogP contribution in [0.5, 0.6) is 0 Å². The Morgan fingerprint density at radius 2 is 1.82 bits per heavy atom. The van der Waals surface area contributed by atoms with Gasteiger partial charge < -0.3 is 5.73 Å². The average Bonchev–Trinajstić information content (AvgIpc) is 2.65. The third-order valence-corrected chi connectivity index (χ3v) is 2.22. The van der Waals surface area contributed by atoms with Crippen molar-refractivity contribution in [3.05, 3.63) is 0 Å². The summed E-state index contributed by atoms with van der Waals surface area (Å²) in [4.78, 5) is 22.2. The van der Waals surface area contributed by atoms with Gasteiger partial charge in [0.05, 0.1) is 0 Å². The molecule has 2 N–H and O–H groups in total. The second kappa shape index (κ2) is 2.32. The van der Waals surface area contributed by atoms with E-state index < -0.39 is 11.3 Å². The molecule has 1 aliphatic rings. The Hall–Kier alpha value is -0.860. The van der Waals surface area contributed by atoms with E-state index in [0.717, 1.165) is 0 Å². The van der Waals surface area contributed by atoms with Crippen molar-refractivity contribution in [2.24, 2.45) is 17.1 Å². The molecule has 11 heavy (non-hydrogen) atoms. The predicted octanol–water partition coefficient (Wildman–Crippen LogP) is 0.477. The van der Waals surface area contributed by atoms with Gasteiger partial charge in [-0.25, -0.2) is 0 Å². The van der Waals surface area contributed by atoms with Crippen molar-refractivity contribution in [2.75, 3.05) is 0 Å². The van der Waals surface area contributed by atoms with E-state index in [9.17, 15) is 9.59 Å². The van der Waals surface area contributed by atoms with Crippen molar-refractivity contribution < 1.29 is 9.59 Å². The van der Waals surface area contributed by atoms with Crippen molar-refractivity contribution in [3.8, 4) is 0 Å². The lowest BCUT2D eigenvalue weighted by atomic mass is 9.92. The Balaban J connectivity index is 2.74. The molecule has 3 nitrogen and oxygen atoms in total. The van der Waals surface area contributed by atoms with Crippen molar-refractivity contribution in [1.29, 1.82) is 0 Å². The minimum atomic E-state index is -0.770. The van der Waals surface area contributed by atoms with Crippen molar-refractivity contribution in [3.63, 3.8) is 0 Å². The maximum Gasteiger partial charge on any atom is 0.231 e. The van der Waals surface area contributed by atoms with Gasteiger partial charge in [0.2, 0.25) is 5.91 Å². The molecule has 0 radical (unpaired) electrons. The number of hydrogen-bond donors (Lipinski definition) is 1. The highest BCUT2D eigenvalue weighted by Gasteiger charge is 2.55. The first-order valence-electron chi connectivity index (χ1n) is 3.85. The zero-order valence-electron chi connectivity index (χ0n) is 6.89. The first-order chi connectivity index (χ1) is 5.00. The fraction of sp³-hybridized carbons (Fsp3) is 0.750. The summed E-state index contributed by atoms with van der Waals surface area (Å²) in [6.07, 6.45) is 1.30. The molecule has 1 fully saturated rings. The van der Waals surface area contributed by atoms with Crippen LogP contribution in [0.3, 0.4) is 0 Å². The molecule has 0 aliphatic heterocycles. The number of hydrogen-bond acceptors (Lipinski definition) is 2. The quantitative estimate of drug-likeness (QED) is 0.602. The molecule has 0 aromatic heterocycles. The monoisotopic (exact) mass is 155 g/mol. The van der Waals surface area contributed by atoms with Gasteiger partial charge in [0.1, 0.15) is 5.41 Å². The predicted molar refractivity (Wildman–Crippen MR) is 40.7 cm³/mol. The highest BCUT2D eigenvalue weighted by Crippen LogP contribution is 2.47. The molecule has 0 aromatic rings. The summed E-state index contributed by atoms with van der Waals surface area (Å²) < 4.78 is 0. The van der Waals surface area contributed by atoms with E-state index in [-0.39, 0.29) is 11.7 Å². The molecule has 0 spiro atoms. The van der Waals surface area contributed by atoms with Crippen molar-refractivity contribution in [1.82, 2.24) is 0 Å². The molecule has 0 saturated heterocycles. The summed E-state index contributed by atoms with van der Waals surface area (Å²) >= 11 is 0. The molecular weight excluding hydrogens is 142 g/mol. The van der Waals surface area contributed by atoms with Crippen molar-refractivity contribution in [2.45, 2.75) is 26.7 Å². The van der Waals surface area contributed by atoms with E-state index in [0.29, 0.717) is 12.8 Å². The summed E-state index contributed by atoms with van der Waals surface area (Å²) in [5, 5.41) is 0. The van der Waals surface area contributed by atoms with Crippen LogP contribution in [0.2, 0.25) is 0 Å². The van der Waals surface area contributed by atoms with Gasteiger partial charge in [-0.1, -0.05) is 13.8 Å². The van der Waals surface area contributed by atoms with Crippen LogP contribution >= 0.6 is 0 Å². The summed E-state index contributed by atoms with van der Waals surface area (Å²) in [5.41, 5.74) is 4.34. The zero-order valence-corrected chi connectivity index (χ0v) is 6.89. The van der Waals surface area contributed by atoms with E-state index in [1.807, 2.05) is 0 Å². The van der Waals surface area contributed by atoms with Crippen LogP contribution in [0.25, 0.3) is 0 Å². The molecule has 1 saturated carbocycles. The molecule has 0 heterocycles. The number of primary amides is 1. The third-order valence-electron chi connectivity index (χ3n) is 2.22. The Labute approximate surface area is 66.0 Å². The maximum absolute atomic E-state index is 11.4. The first-order valence-corrected chi connectivity index (χ1v) is 3.85. The Bertz CT molecular complexity index is 204.